The second-order valence-corrected chi connectivity index (χ2v) is 4.18. The number of nitrogens with zero attached hydrogens (tertiary/aromatic N) is 3. The fraction of sp³-hybridized carbons (Fsp3) is 0.143. The van der Waals surface area contributed by atoms with Gasteiger partial charge >= 0.3 is 0 Å². The molecule has 0 amide bonds. The number of hydrogen-bond donors (Lipinski definition) is 2. The molecule has 0 bridgehead atoms. The highest BCUT2D eigenvalue weighted by molar-refractivity contribution is 7.15. The highest BCUT2D eigenvalue weighted by Crippen LogP contribution is 2.18. The molecular formula is C7H8ClN5S. The van der Waals surface area contributed by atoms with Gasteiger partial charge in [0.25, 0.3) is 0 Å². The van der Waals surface area contributed by atoms with E-state index in [9.17, 15) is 0 Å². The lowest BCUT2D eigenvalue weighted by atomic mass is 10.5. The highest BCUT2D eigenvalue weighted by atomic mass is 35.5. The van der Waals surface area contributed by atoms with Gasteiger partial charge in [-0.2, -0.15) is 5.10 Å². The largest absolute Gasteiger partial charge is 0.300 e. The maximum atomic E-state index is 5.73. The van der Waals surface area contributed by atoms with E-state index in [0.717, 1.165) is 4.88 Å². The lowest BCUT2D eigenvalue weighted by Gasteiger charge is -1.95. The highest BCUT2D eigenvalue weighted by Gasteiger charge is 2.02. The lowest BCUT2D eigenvalue weighted by molar-refractivity contribution is 0.694. The van der Waals surface area contributed by atoms with E-state index in [2.05, 4.69) is 15.5 Å². The molecule has 0 aromatic carbocycles. The van der Waals surface area contributed by atoms with E-state index in [1.807, 2.05) is 0 Å². The normalized spacial score (nSPS) is 10.4. The van der Waals surface area contributed by atoms with Crippen molar-refractivity contribution in [3.8, 4) is 0 Å². The van der Waals surface area contributed by atoms with E-state index in [4.69, 9.17) is 17.4 Å². The predicted octanol–water partition coefficient (Wildman–Crippen LogP) is 1.33. The van der Waals surface area contributed by atoms with Gasteiger partial charge in [-0.1, -0.05) is 22.9 Å². The van der Waals surface area contributed by atoms with Gasteiger partial charge in [0.15, 0.2) is 5.13 Å². The molecule has 0 radical (unpaired) electrons. The third kappa shape index (κ3) is 2.03. The molecule has 2 heterocycles. The SMILES string of the molecule is NNc1ncc(Cn2cc(Cl)cn2)s1. The summed E-state index contributed by atoms with van der Waals surface area (Å²) in [5, 5.41) is 5.38. The molecule has 14 heavy (non-hydrogen) atoms. The van der Waals surface area contributed by atoms with Gasteiger partial charge in [0.05, 0.1) is 17.8 Å². The summed E-state index contributed by atoms with van der Waals surface area (Å²) < 4.78 is 1.75. The number of thiazole rings is 1. The number of hydrogen-bond acceptors (Lipinski definition) is 5. The van der Waals surface area contributed by atoms with Crippen molar-refractivity contribution < 1.29 is 0 Å². The van der Waals surface area contributed by atoms with Crippen LogP contribution in [0.3, 0.4) is 0 Å². The summed E-state index contributed by atoms with van der Waals surface area (Å²) in [7, 11) is 0. The van der Waals surface area contributed by atoms with Crippen LogP contribution in [0.2, 0.25) is 5.02 Å². The molecule has 2 aromatic heterocycles. The van der Waals surface area contributed by atoms with Crippen LogP contribution < -0.4 is 11.3 Å². The van der Waals surface area contributed by atoms with Crippen molar-refractivity contribution in [3.05, 3.63) is 28.5 Å². The minimum atomic E-state index is 0.631. The Labute approximate surface area is 89.5 Å². The standard InChI is InChI=1S/C7H8ClN5S/c8-5-1-11-13(3-5)4-6-2-10-7(12-9)14-6/h1-3H,4,9H2,(H,10,12). The van der Waals surface area contributed by atoms with Crippen molar-refractivity contribution in [2.75, 3.05) is 5.43 Å². The van der Waals surface area contributed by atoms with E-state index >= 15 is 0 Å². The van der Waals surface area contributed by atoms with Crippen LogP contribution in [-0.4, -0.2) is 14.8 Å². The first-order chi connectivity index (χ1) is 6.78. The molecule has 3 N–H and O–H groups in total. The first-order valence-corrected chi connectivity index (χ1v) is 5.06. The zero-order chi connectivity index (χ0) is 9.97. The fourth-order valence-electron chi connectivity index (χ4n) is 1.03. The Morgan fingerprint density at radius 2 is 2.43 bits per heavy atom. The van der Waals surface area contributed by atoms with E-state index in [1.54, 1.807) is 23.3 Å². The lowest BCUT2D eigenvalue weighted by Crippen LogP contribution is -2.05. The Bertz CT molecular complexity index is 423. The molecule has 0 atom stereocenters. The van der Waals surface area contributed by atoms with Gasteiger partial charge in [0.2, 0.25) is 0 Å². The van der Waals surface area contributed by atoms with E-state index in [-0.39, 0.29) is 0 Å². The Hall–Kier alpha value is -1.11. The van der Waals surface area contributed by atoms with Crippen LogP contribution in [0.15, 0.2) is 18.6 Å². The number of halogens is 1. The van der Waals surface area contributed by atoms with Crippen molar-refractivity contribution in [1.82, 2.24) is 14.8 Å². The number of nitrogens with one attached hydrogen (secondary N) is 1. The molecule has 7 heteroatoms. The summed E-state index contributed by atoms with van der Waals surface area (Å²) in [6.45, 7) is 0.659. The van der Waals surface area contributed by atoms with Gasteiger partial charge in [-0.15, -0.1) is 0 Å². The summed E-state index contributed by atoms with van der Waals surface area (Å²) in [6.07, 6.45) is 5.12. The average Bonchev–Trinajstić information content (AvgIpc) is 2.76. The topological polar surface area (TPSA) is 68.8 Å². The van der Waals surface area contributed by atoms with E-state index in [0.29, 0.717) is 16.7 Å². The molecule has 5 nitrogen and oxygen atoms in total. The number of rotatable bonds is 3. The quantitative estimate of drug-likeness (QED) is 0.616. The minimum Gasteiger partial charge on any atom is -0.300 e. The van der Waals surface area contributed by atoms with Crippen molar-refractivity contribution in [1.29, 1.82) is 0 Å². The van der Waals surface area contributed by atoms with E-state index < -0.39 is 0 Å². The van der Waals surface area contributed by atoms with Gasteiger partial charge in [0.1, 0.15) is 0 Å². The summed E-state index contributed by atoms with van der Waals surface area (Å²) in [5.41, 5.74) is 2.49. The molecule has 74 valence electrons. The molecule has 0 aliphatic carbocycles. The van der Waals surface area contributed by atoms with Crippen LogP contribution >= 0.6 is 22.9 Å². The van der Waals surface area contributed by atoms with E-state index in [1.165, 1.54) is 11.3 Å². The molecule has 0 aliphatic heterocycles. The Morgan fingerprint density at radius 1 is 1.57 bits per heavy atom. The van der Waals surface area contributed by atoms with Crippen LogP contribution in [0.25, 0.3) is 0 Å². The van der Waals surface area contributed by atoms with Crippen LogP contribution in [0.4, 0.5) is 5.13 Å². The van der Waals surface area contributed by atoms with Crippen molar-refractivity contribution >= 4 is 28.1 Å². The average molecular weight is 230 g/mol. The molecule has 0 saturated heterocycles. The maximum absolute atomic E-state index is 5.73. The van der Waals surface area contributed by atoms with Crippen molar-refractivity contribution in [2.24, 2.45) is 5.84 Å². The first-order valence-electron chi connectivity index (χ1n) is 3.87. The third-order valence-corrected chi connectivity index (χ3v) is 2.71. The number of nitrogens with two attached hydrogens (primary N) is 1. The molecular weight excluding hydrogens is 222 g/mol. The van der Waals surface area contributed by atoms with Crippen molar-refractivity contribution in [2.45, 2.75) is 6.54 Å². The Kier molecular flexibility index (Phi) is 2.67. The molecule has 0 fully saturated rings. The van der Waals surface area contributed by atoms with Crippen LogP contribution in [-0.2, 0) is 6.54 Å². The summed E-state index contributed by atoms with van der Waals surface area (Å²) >= 11 is 7.22. The minimum absolute atomic E-state index is 0.631. The molecule has 0 aliphatic rings. The third-order valence-electron chi connectivity index (χ3n) is 1.60. The number of anilines is 1. The second kappa shape index (κ2) is 3.95. The second-order valence-electron chi connectivity index (χ2n) is 2.63. The van der Waals surface area contributed by atoms with Crippen LogP contribution in [0.1, 0.15) is 4.88 Å². The molecule has 0 spiro atoms. The van der Waals surface area contributed by atoms with Gasteiger partial charge in [-0.05, 0) is 0 Å². The molecule has 2 aromatic rings. The summed E-state index contributed by atoms with van der Waals surface area (Å²) in [6, 6.07) is 0. The molecule has 2 rings (SSSR count). The smallest absolute Gasteiger partial charge is 0.197 e. The van der Waals surface area contributed by atoms with Gasteiger partial charge in [0, 0.05) is 17.3 Å². The summed E-state index contributed by atoms with van der Waals surface area (Å²) in [4.78, 5) is 5.11. The van der Waals surface area contributed by atoms with Gasteiger partial charge < -0.3 is 0 Å². The zero-order valence-corrected chi connectivity index (χ0v) is 8.72. The first kappa shape index (κ1) is 9.45. The van der Waals surface area contributed by atoms with Crippen LogP contribution in [0, 0.1) is 0 Å². The zero-order valence-electron chi connectivity index (χ0n) is 7.14. The summed E-state index contributed by atoms with van der Waals surface area (Å²) in [5.74, 6) is 5.22. The van der Waals surface area contributed by atoms with Gasteiger partial charge in [-0.25, -0.2) is 10.8 Å². The number of aromatic nitrogens is 3. The number of hydrazine groups is 1. The predicted molar refractivity (Wildman–Crippen MR) is 56.3 cm³/mol. The monoisotopic (exact) mass is 229 g/mol. The number of nitrogen functional groups attached to an aromatic ring is 1. The fourth-order valence-corrected chi connectivity index (χ4v) is 1.90. The molecule has 0 unspecified atom stereocenters. The molecule has 0 saturated carbocycles. The van der Waals surface area contributed by atoms with Crippen LogP contribution in [0.5, 0.6) is 0 Å². The maximum Gasteiger partial charge on any atom is 0.197 e. The van der Waals surface area contributed by atoms with Crippen molar-refractivity contribution in [3.63, 3.8) is 0 Å². The Balaban J connectivity index is 2.10. The Morgan fingerprint density at radius 3 is 3.00 bits per heavy atom. The van der Waals surface area contributed by atoms with Gasteiger partial charge in [-0.3, -0.25) is 10.1 Å².